The quantitative estimate of drug-likeness (QED) is 0.844. The highest BCUT2D eigenvalue weighted by atomic mass is 35.5. The van der Waals surface area contributed by atoms with Crippen molar-refractivity contribution in [2.75, 3.05) is 4.72 Å². The Hall–Kier alpha value is -1.72. The zero-order chi connectivity index (χ0) is 15.8. The van der Waals surface area contributed by atoms with Gasteiger partial charge in [-0.15, -0.1) is 0 Å². The summed E-state index contributed by atoms with van der Waals surface area (Å²) in [5.41, 5.74) is 2.52. The summed E-state index contributed by atoms with van der Waals surface area (Å²) in [5, 5.41) is 9.86. The SMILES string of the molecule is Cc1ccc(S(=O)(=O)Nc2cc(Cl)c(O)c(C)c2C)cc1. The average Bonchev–Trinajstić information content (AvgIpc) is 2.42. The van der Waals surface area contributed by atoms with Crippen molar-refractivity contribution in [3.8, 4) is 5.75 Å². The van der Waals surface area contributed by atoms with Crippen molar-refractivity contribution < 1.29 is 13.5 Å². The Bertz CT molecular complexity index is 784. The lowest BCUT2D eigenvalue weighted by atomic mass is 10.1. The van der Waals surface area contributed by atoms with Crippen LogP contribution in [0.4, 0.5) is 5.69 Å². The van der Waals surface area contributed by atoms with E-state index in [1.807, 2.05) is 6.92 Å². The van der Waals surface area contributed by atoms with E-state index >= 15 is 0 Å². The van der Waals surface area contributed by atoms with Crippen molar-refractivity contribution >= 4 is 27.3 Å². The number of anilines is 1. The molecule has 0 aliphatic heterocycles. The maximum absolute atomic E-state index is 12.4. The molecule has 0 saturated heterocycles. The predicted molar refractivity (Wildman–Crippen MR) is 84.6 cm³/mol. The van der Waals surface area contributed by atoms with E-state index in [1.54, 1.807) is 38.1 Å². The van der Waals surface area contributed by atoms with Crippen molar-refractivity contribution in [2.24, 2.45) is 0 Å². The molecule has 112 valence electrons. The molecule has 0 amide bonds. The molecule has 2 aromatic carbocycles. The zero-order valence-corrected chi connectivity index (χ0v) is 13.5. The Morgan fingerprint density at radius 3 is 2.19 bits per heavy atom. The first-order chi connectivity index (χ1) is 9.72. The van der Waals surface area contributed by atoms with Crippen LogP contribution in [-0.4, -0.2) is 13.5 Å². The monoisotopic (exact) mass is 325 g/mol. The van der Waals surface area contributed by atoms with Gasteiger partial charge in [0, 0.05) is 0 Å². The van der Waals surface area contributed by atoms with Crippen LogP contribution >= 0.6 is 11.6 Å². The van der Waals surface area contributed by atoms with Crippen LogP contribution in [0.15, 0.2) is 35.2 Å². The number of rotatable bonds is 3. The van der Waals surface area contributed by atoms with Gasteiger partial charge in [0.15, 0.2) is 0 Å². The number of sulfonamides is 1. The second-order valence-corrected chi connectivity index (χ2v) is 7.01. The summed E-state index contributed by atoms with van der Waals surface area (Å²) in [6.07, 6.45) is 0. The second-order valence-electron chi connectivity index (χ2n) is 4.92. The van der Waals surface area contributed by atoms with Gasteiger partial charge in [0.25, 0.3) is 10.0 Å². The van der Waals surface area contributed by atoms with Crippen LogP contribution in [0.25, 0.3) is 0 Å². The van der Waals surface area contributed by atoms with E-state index in [0.717, 1.165) is 5.56 Å². The molecule has 0 spiro atoms. The van der Waals surface area contributed by atoms with E-state index in [2.05, 4.69) is 4.72 Å². The third-order valence-corrected chi connectivity index (χ3v) is 5.06. The van der Waals surface area contributed by atoms with Crippen LogP contribution in [0.1, 0.15) is 16.7 Å². The van der Waals surface area contributed by atoms with Crippen LogP contribution in [0.5, 0.6) is 5.75 Å². The molecule has 0 aromatic heterocycles. The first-order valence-corrected chi connectivity index (χ1v) is 8.16. The molecule has 6 heteroatoms. The maximum atomic E-state index is 12.4. The number of halogens is 1. The van der Waals surface area contributed by atoms with Crippen LogP contribution in [0.2, 0.25) is 5.02 Å². The fourth-order valence-electron chi connectivity index (χ4n) is 1.89. The second kappa shape index (κ2) is 5.58. The summed E-state index contributed by atoms with van der Waals surface area (Å²) >= 11 is 5.90. The molecule has 2 N–H and O–H groups in total. The summed E-state index contributed by atoms with van der Waals surface area (Å²) < 4.78 is 27.2. The van der Waals surface area contributed by atoms with Crippen molar-refractivity contribution in [1.29, 1.82) is 0 Å². The van der Waals surface area contributed by atoms with Gasteiger partial charge >= 0.3 is 0 Å². The van der Waals surface area contributed by atoms with E-state index in [0.29, 0.717) is 16.8 Å². The molecule has 0 fully saturated rings. The summed E-state index contributed by atoms with van der Waals surface area (Å²) in [7, 11) is -3.69. The minimum atomic E-state index is -3.69. The zero-order valence-electron chi connectivity index (χ0n) is 11.9. The molecule has 0 atom stereocenters. The number of nitrogens with one attached hydrogen (secondary N) is 1. The maximum Gasteiger partial charge on any atom is 0.261 e. The van der Waals surface area contributed by atoms with Gasteiger partial charge < -0.3 is 5.11 Å². The van der Waals surface area contributed by atoms with Gasteiger partial charge in [-0.1, -0.05) is 29.3 Å². The van der Waals surface area contributed by atoms with E-state index in [1.165, 1.54) is 6.07 Å². The van der Waals surface area contributed by atoms with Gasteiger partial charge in [-0.3, -0.25) is 4.72 Å². The smallest absolute Gasteiger partial charge is 0.261 e. The Balaban J connectivity index is 2.44. The van der Waals surface area contributed by atoms with Crippen LogP contribution in [0, 0.1) is 20.8 Å². The lowest BCUT2D eigenvalue weighted by Crippen LogP contribution is -2.14. The van der Waals surface area contributed by atoms with Crippen molar-refractivity contribution in [3.05, 3.63) is 52.0 Å². The summed E-state index contributed by atoms with van der Waals surface area (Å²) in [6, 6.07) is 7.96. The molecule has 0 saturated carbocycles. The van der Waals surface area contributed by atoms with Gasteiger partial charge in [-0.25, -0.2) is 8.42 Å². The molecule has 0 aliphatic carbocycles. The minimum Gasteiger partial charge on any atom is -0.506 e. The van der Waals surface area contributed by atoms with E-state index in [-0.39, 0.29) is 15.7 Å². The third kappa shape index (κ3) is 3.14. The predicted octanol–water partition coefficient (Wildman–Crippen LogP) is 3.77. The van der Waals surface area contributed by atoms with Crippen molar-refractivity contribution in [1.82, 2.24) is 0 Å². The molecule has 4 nitrogen and oxygen atoms in total. The highest BCUT2D eigenvalue weighted by Gasteiger charge is 2.18. The Labute approximate surface area is 129 Å². The van der Waals surface area contributed by atoms with E-state index < -0.39 is 10.0 Å². The van der Waals surface area contributed by atoms with Gasteiger partial charge in [0.2, 0.25) is 0 Å². The normalized spacial score (nSPS) is 11.4. The van der Waals surface area contributed by atoms with Gasteiger partial charge in [-0.05, 0) is 50.1 Å². The standard InChI is InChI=1S/C15H16ClNO3S/c1-9-4-6-12(7-5-9)21(19,20)17-14-8-13(16)15(18)11(3)10(14)2/h4-8,17-18H,1-3H3. The minimum absolute atomic E-state index is 0.0348. The van der Waals surface area contributed by atoms with Gasteiger partial charge in [-0.2, -0.15) is 0 Å². The van der Waals surface area contributed by atoms with Gasteiger partial charge in [0.1, 0.15) is 5.75 Å². The molecule has 0 unspecified atom stereocenters. The Morgan fingerprint density at radius 1 is 1.05 bits per heavy atom. The number of benzene rings is 2. The molecule has 0 radical (unpaired) electrons. The van der Waals surface area contributed by atoms with Crippen molar-refractivity contribution in [3.63, 3.8) is 0 Å². The molecular formula is C15H16ClNO3S. The number of phenols is 1. The summed E-state index contributed by atoms with van der Waals surface area (Å²) in [4.78, 5) is 0.175. The topological polar surface area (TPSA) is 66.4 Å². The number of aryl methyl sites for hydroxylation is 1. The van der Waals surface area contributed by atoms with E-state index in [4.69, 9.17) is 11.6 Å². The number of hydrogen-bond donors (Lipinski definition) is 2. The lowest BCUT2D eigenvalue weighted by molar-refractivity contribution is 0.471. The number of hydrogen-bond acceptors (Lipinski definition) is 3. The third-order valence-electron chi connectivity index (χ3n) is 3.39. The largest absolute Gasteiger partial charge is 0.506 e. The average molecular weight is 326 g/mol. The van der Waals surface area contributed by atoms with Crippen molar-refractivity contribution in [2.45, 2.75) is 25.7 Å². The molecule has 0 aliphatic rings. The lowest BCUT2D eigenvalue weighted by Gasteiger charge is -2.14. The molecule has 0 heterocycles. The molecule has 2 rings (SSSR count). The Kier molecular flexibility index (Phi) is 4.16. The molecule has 2 aromatic rings. The van der Waals surface area contributed by atoms with Crippen LogP contribution in [-0.2, 0) is 10.0 Å². The summed E-state index contributed by atoms with van der Waals surface area (Å²) in [5.74, 6) is -0.0348. The fourth-order valence-corrected chi connectivity index (χ4v) is 3.25. The van der Waals surface area contributed by atoms with Crippen LogP contribution < -0.4 is 4.72 Å². The molecule has 21 heavy (non-hydrogen) atoms. The highest BCUT2D eigenvalue weighted by molar-refractivity contribution is 7.92. The fraction of sp³-hybridized carbons (Fsp3) is 0.200. The first-order valence-electron chi connectivity index (χ1n) is 6.30. The molecular weight excluding hydrogens is 310 g/mol. The van der Waals surface area contributed by atoms with Gasteiger partial charge in [0.05, 0.1) is 15.6 Å². The molecule has 0 bridgehead atoms. The Morgan fingerprint density at radius 2 is 1.62 bits per heavy atom. The van der Waals surface area contributed by atoms with Crippen LogP contribution in [0.3, 0.4) is 0 Å². The van der Waals surface area contributed by atoms with E-state index in [9.17, 15) is 13.5 Å². The first kappa shape index (κ1) is 15.7. The highest BCUT2D eigenvalue weighted by Crippen LogP contribution is 2.35. The number of phenolic OH excluding ortho intramolecular Hbond substituents is 1. The number of aromatic hydroxyl groups is 1. The summed E-state index contributed by atoms with van der Waals surface area (Å²) in [6.45, 7) is 5.29.